The van der Waals surface area contributed by atoms with Crippen molar-refractivity contribution < 1.29 is 67.1 Å². The lowest BCUT2D eigenvalue weighted by atomic mass is 10.1. The number of sulfonamides is 3. The number of ether oxygens (including phenoxy) is 1. The summed E-state index contributed by atoms with van der Waals surface area (Å²) in [7, 11) is 11.3. The second-order valence-corrected chi connectivity index (χ2v) is 41.0. The first-order chi connectivity index (χ1) is 71.2. The maximum absolute atomic E-state index is 12.4. The Morgan fingerprint density at radius 1 is 0.497 bits per heavy atom. The van der Waals surface area contributed by atoms with Crippen LogP contribution in [0.5, 0.6) is 0 Å². The number of likely N-dealkylation sites (N-methyl/N-ethyl adjacent to an activating group) is 1. The third-order valence-electron chi connectivity index (χ3n) is 22.5. The topological polar surface area (TPSA) is 515 Å². The summed E-state index contributed by atoms with van der Waals surface area (Å²) in [5.74, 6) is -0.164. The van der Waals surface area contributed by atoms with Crippen molar-refractivity contribution >= 4 is 138 Å². The molecule has 2 aliphatic rings. The molecule has 2 fully saturated rings. The van der Waals surface area contributed by atoms with E-state index in [2.05, 4.69) is 108 Å². The molecule has 10 aromatic carbocycles. The number of benzene rings is 10. The highest BCUT2D eigenvalue weighted by Gasteiger charge is 2.29. The number of anilines is 12. The molecule has 0 bridgehead atoms. The molecule has 0 atom stereocenters. The highest BCUT2D eigenvalue weighted by Crippen LogP contribution is 2.31. The summed E-state index contributed by atoms with van der Waals surface area (Å²) < 4.78 is 110. The van der Waals surface area contributed by atoms with Crippen LogP contribution < -0.4 is 79.2 Å². The lowest BCUT2D eigenvalue weighted by molar-refractivity contribution is -0.127. The molecule has 800 valence electrons. The van der Waals surface area contributed by atoms with Gasteiger partial charge in [0.15, 0.2) is 22.0 Å². The van der Waals surface area contributed by atoms with Crippen molar-refractivity contribution in [2.24, 2.45) is 11.5 Å². The summed E-state index contributed by atoms with van der Waals surface area (Å²) in [4.78, 5) is 68.6. The maximum atomic E-state index is 12.4. The van der Waals surface area contributed by atoms with Gasteiger partial charge in [-0.25, -0.2) is 62.7 Å². The number of H-pyrrole nitrogens is 1. The number of carbonyl (C=O) groups excluding carboxylic acids is 4. The van der Waals surface area contributed by atoms with Crippen molar-refractivity contribution in [3.05, 3.63) is 303 Å². The number of nitrogens with one attached hydrogen (secondary N) is 12. The van der Waals surface area contributed by atoms with Crippen molar-refractivity contribution in [1.29, 1.82) is 0 Å². The number of piperidine rings is 1. The van der Waals surface area contributed by atoms with Gasteiger partial charge in [-0.05, 0) is 215 Å². The van der Waals surface area contributed by atoms with Gasteiger partial charge < -0.3 is 94.1 Å². The van der Waals surface area contributed by atoms with Crippen LogP contribution in [0.3, 0.4) is 0 Å². The molecule has 42 heteroatoms. The number of aliphatic hydroxyl groups is 1. The van der Waals surface area contributed by atoms with Crippen LogP contribution in [0.2, 0.25) is 0 Å². The lowest BCUT2D eigenvalue weighted by Crippen LogP contribution is -2.41. The fourth-order valence-electron chi connectivity index (χ4n) is 13.7. The Morgan fingerprint density at radius 2 is 0.966 bits per heavy atom. The fourth-order valence-corrected chi connectivity index (χ4v) is 18.7. The largest absolute Gasteiger partial charge is 0.449 e. The second kappa shape index (κ2) is 62.4. The summed E-state index contributed by atoms with van der Waals surface area (Å²) in [6, 6.07) is 71.9. The molecule has 3 aromatic heterocycles. The highest BCUT2D eigenvalue weighted by atomic mass is 32.2. The third-order valence-corrected chi connectivity index (χ3v) is 29.7. The average molecular weight is 2120 g/mol. The van der Waals surface area contributed by atoms with Crippen LogP contribution in [0.15, 0.2) is 294 Å². The number of hydrogen-bond acceptors (Lipinski definition) is 30. The molecule has 4 amide bonds. The number of rotatable bonds is 31. The SMILES string of the molecule is C=C(NC)c1cccc(NC)c1.CCN(C)S(=O)(=O)c1cccc(NC)c1.CCS(=O)(=O)N(CC(=O)N(C)C)c1cccc(NC)c1.CNc1cc(C(N)=O)cc(C(N)=O)c1.CNc1ccc(N2CCCOC2=O)c(C)c1.CNc1cccc(-c2ccnc(C)n2)c1.CNc1cccc(-c2cnc[nH]2)c1.CNc1cccc(-c2cnco2)c1.CNc1cccc(S(=O)(=O)CCO)c1.CNc1cccc(S(=O)(=O)N2CCCCC2)c1. The number of aromatic amines is 1. The minimum Gasteiger partial charge on any atom is -0.449 e. The summed E-state index contributed by atoms with van der Waals surface area (Å²) in [5.41, 5.74) is 29.7. The Morgan fingerprint density at radius 3 is 1.45 bits per heavy atom. The van der Waals surface area contributed by atoms with Crippen molar-refractivity contribution in [2.45, 2.75) is 68.1 Å². The monoisotopic (exact) mass is 2120 g/mol. The van der Waals surface area contributed by atoms with Gasteiger partial charge in [0, 0.05) is 221 Å². The fraction of sp³-hybridized carbons (Fsp3) is 0.290. The van der Waals surface area contributed by atoms with Crippen molar-refractivity contribution in [2.75, 3.05) is 218 Å². The van der Waals surface area contributed by atoms with Crippen LogP contribution in [0.1, 0.15) is 77.2 Å². The predicted octanol–water partition coefficient (Wildman–Crippen LogP) is 16.0. The number of nitrogens with zero attached hydrogens (tertiary/aromatic N) is 9. The number of sulfone groups is 1. The number of aryl methyl sites for hydroxylation is 2. The van der Waals surface area contributed by atoms with E-state index in [4.69, 9.17) is 25.7 Å². The first kappa shape index (κ1) is 122. The number of cyclic esters (lactones) is 1. The number of oxazole rings is 1. The number of carbonyl (C=O) groups is 4. The standard InChI is InChI=1S/C13H21N3O3S.C12H13N3.C12H18N2O2S.C12H16N2O2.C10H11N3.C10H16N2O2S.C10H10N2O.C10H14N2.C9H11N3O2.C9H13NO3S/c1-5-20(18,19)16(10-13(17)15(3)4)12-8-6-7-11(9-12)14-2;1-9-14-7-6-12(15-9)10-4-3-5-11(8-10)13-2;1-13-11-6-5-7-12(10-11)17(15,16)14-8-3-2-4-9-14;1-9-8-10(13-2)4-5-11(9)14-6-3-7-16-12(14)15;1-11-9-4-2-3-8(5-9)10-6-12-7-13-10;1-4-12(3)15(13,14)10-7-5-6-9(8-10)11-2;1-11-9-4-2-3-8(5-9)10-6-12-7-13-10;1-8(11-2)9-5-4-6-10(7-9)12-3;1-12-7-3-5(8(10)13)2-6(4-7)9(11)14;1-10-8-3-2-4-9(7-8)14(12,13)6-5-11/h6-9,14H,5,10H2,1-4H3;3-8,13H,1-2H3;5-7,10,13H,2-4,8-9H2,1H3;4-5,8,13H,3,6-7H2,1-2H3;2-7,11H,1H3,(H,12,13);5-8,11H,4H2,1-3H3;2-7,11H,1H3;4-7,11-12H,1H2,2-3H3;2-4,12H,1H3,(H2,10,13)(H2,11,14);2-4,7,10-11H,5-6H2,1H3. The third kappa shape index (κ3) is 39.3. The number of aliphatic hydroxyl groups excluding tert-OH is 1. The number of amides is 4. The van der Waals surface area contributed by atoms with E-state index in [0.29, 0.717) is 47.4 Å². The van der Waals surface area contributed by atoms with Crippen LogP contribution in [-0.4, -0.2) is 257 Å². The molecule has 0 spiro atoms. The van der Waals surface area contributed by atoms with Gasteiger partial charge in [0.25, 0.3) is 0 Å². The zero-order chi connectivity index (χ0) is 110. The first-order valence-electron chi connectivity index (χ1n) is 47.6. The van der Waals surface area contributed by atoms with Crippen molar-refractivity contribution in [3.8, 4) is 33.8 Å². The van der Waals surface area contributed by atoms with Gasteiger partial charge in [-0.3, -0.25) is 23.6 Å². The van der Waals surface area contributed by atoms with Crippen LogP contribution in [0.4, 0.5) is 73.0 Å². The van der Waals surface area contributed by atoms with Crippen LogP contribution in [-0.2, 0) is 49.4 Å². The second-order valence-electron chi connectivity index (χ2n) is 32.8. The highest BCUT2D eigenvalue weighted by molar-refractivity contribution is 7.92. The van der Waals surface area contributed by atoms with Gasteiger partial charge in [0.05, 0.1) is 80.9 Å². The Hall–Kier alpha value is -15.6. The van der Waals surface area contributed by atoms with Gasteiger partial charge in [0.1, 0.15) is 12.4 Å². The molecule has 15 rings (SSSR count). The van der Waals surface area contributed by atoms with Crippen molar-refractivity contribution in [1.82, 2.24) is 43.7 Å². The zero-order valence-electron chi connectivity index (χ0n) is 87.8. The Balaban J connectivity index is 0.000000253. The van der Waals surface area contributed by atoms with Gasteiger partial charge in [-0.2, -0.15) is 4.31 Å². The van der Waals surface area contributed by atoms with E-state index >= 15 is 0 Å². The quantitative estimate of drug-likeness (QED) is 0.0192. The molecule has 17 N–H and O–H groups in total. The molecule has 0 unspecified atom stereocenters. The summed E-state index contributed by atoms with van der Waals surface area (Å²) >= 11 is 0. The minimum absolute atomic E-state index is 0.0580. The van der Waals surface area contributed by atoms with Gasteiger partial charge >= 0.3 is 6.09 Å². The number of primary amides is 2. The molecule has 2 aliphatic heterocycles. The molecule has 0 radical (unpaired) electrons. The summed E-state index contributed by atoms with van der Waals surface area (Å²) in [5, 5.41) is 41.5. The van der Waals surface area contributed by atoms with E-state index < -0.39 is 51.7 Å². The average Bonchev–Trinajstić information content (AvgIpc) is 1.15. The van der Waals surface area contributed by atoms with E-state index in [-0.39, 0.29) is 52.7 Å². The van der Waals surface area contributed by atoms with E-state index in [9.17, 15) is 52.8 Å². The van der Waals surface area contributed by atoms with E-state index in [1.807, 2.05) is 184 Å². The molecule has 5 heterocycles. The Kier molecular flexibility index (Phi) is 51.1. The molecule has 38 nitrogen and oxygen atoms in total. The molecule has 13 aromatic rings. The molecule has 2 saturated heterocycles. The number of nitrogens with two attached hydrogens (primary N) is 2. The maximum Gasteiger partial charge on any atom is 0.414 e. The predicted molar refractivity (Wildman–Crippen MR) is 605 cm³/mol. The first-order valence-corrected chi connectivity index (χ1v) is 53.8. The number of imidazole rings is 1. The van der Waals surface area contributed by atoms with E-state index in [1.165, 1.54) is 27.7 Å². The van der Waals surface area contributed by atoms with E-state index in [1.54, 1.807) is 183 Å². The molecule has 149 heavy (non-hydrogen) atoms. The Labute approximate surface area is 877 Å². The smallest absolute Gasteiger partial charge is 0.414 e. The van der Waals surface area contributed by atoms with Gasteiger partial charge in [-0.1, -0.05) is 92.7 Å². The molecular weight excluding hydrogens is 1980 g/mol. The minimum atomic E-state index is -3.51. The molecule has 0 saturated carbocycles. The summed E-state index contributed by atoms with van der Waals surface area (Å²) in [6.07, 6.45) is 12.1. The Bertz CT molecular complexity index is 6780. The number of hydrogen-bond donors (Lipinski definition) is 15. The van der Waals surface area contributed by atoms with Gasteiger partial charge in [0.2, 0.25) is 47.8 Å². The van der Waals surface area contributed by atoms with Crippen LogP contribution >= 0.6 is 0 Å². The molecular formula is C107H143N23O15S4. The zero-order valence-corrected chi connectivity index (χ0v) is 91.0. The molecule has 0 aliphatic carbocycles. The van der Waals surface area contributed by atoms with E-state index in [0.717, 1.165) is 150 Å². The normalized spacial score (nSPS) is 11.8. The van der Waals surface area contributed by atoms with Crippen molar-refractivity contribution in [3.63, 3.8) is 0 Å². The summed E-state index contributed by atoms with van der Waals surface area (Å²) in [6.45, 7) is 13.6. The van der Waals surface area contributed by atoms with Gasteiger partial charge in [-0.15, -0.1) is 0 Å². The lowest BCUT2D eigenvalue weighted by Gasteiger charge is -2.27. The van der Waals surface area contributed by atoms with Crippen LogP contribution in [0, 0.1) is 13.8 Å². The van der Waals surface area contributed by atoms with Crippen LogP contribution in [0.25, 0.3) is 39.5 Å². The number of aromatic nitrogens is 5.